The van der Waals surface area contributed by atoms with Crippen LogP contribution in [0.4, 0.5) is 0 Å². The standard InChI is InChI=1S/C13H17NO2/c1-16-11-6-5-9-3-2-4-10(7-13(14)15)12(9)8-11/h5-6,8,10H,2-4,7H2,1H3,(H2,14,15). The number of primary amides is 1. The molecule has 3 nitrogen and oxygen atoms in total. The van der Waals surface area contributed by atoms with Crippen molar-refractivity contribution in [3.05, 3.63) is 29.3 Å². The fourth-order valence-electron chi connectivity index (χ4n) is 2.46. The topological polar surface area (TPSA) is 52.3 Å². The van der Waals surface area contributed by atoms with E-state index in [1.807, 2.05) is 12.1 Å². The molecule has 3 heteroatoms. The maximum Gasteiger partial charge on any atom is 0.218 e. The molecule has 0 heterocycles. The van der Waals surface area contributed by atoms with E-state index in [0.717, 1.165) is 25.0 Å². The number of amides is 1. The second-order valence-corrected chi connectivity index (χ2v) is 4.32. The molecule has 1 atom stereocenters. The molecular formula is C13H17NO2. The molecule has 1 aromatic carbocycles. The maximum absolute atomic E-state index is 11.0. The quantitative estimate of drug-likeness (QED) is 0.845. The second kappa shape index (κ2) is 4.56. The van der Waals surface area contributed by atoms with Gasteiger partial charge in [-0.2, -0.15) is 0 Å². The van der Waals surface area contributed by atoms with Crippen molar-refractivity contribution in [2.45, 2.75) is 31.6 Å². The molecule has 0 aliphatic heterocycles. The van der Waals surface area contributed by atoms with Crippen molar-refractivity contribution in [3.63, 3.8) is 0 Å². The summed E-state index contributed by atoms with van der Waals surface area (Å²) < 4.78 is 5.22. The third kappa shape index (κ3) is 2.18. The summed E-state index contributed by atoms with van der Waals surface area (Å²) in [4.78, 5) is 11.0. The van der Waals surface area contributed by atoms with Crippen LogP contribution in [-0.4, -0.2) is 13.0 Å². The zero-order valence-electron chi connectivity index (χ0n) is 9.53. The minimum atomic E-state index is -0.222. The first-order valence-electron chi connectivity index (χ1n) is 5.66. The number of methoxy groups -OCH3 is 1. The van der Waals surface area contributed by atoms with Gasteiger partial charge < -0.3 is 10.5 Å². The molecule has 0 radical (unpaired) electrons. The molecule has 1 unspecified atom stereocenters. The number of benzene rings is 1. The van der Waals surface area contributed by atoms with E-state index >= 15 is 0 Å². The summed E-state index contributed by atoms with van der Waals surface area (Å²) in [6, 6.07) is 6.12. The molecule has 0 saturated carbocycles. The predicted molar refractivity (Wildman–Crippen MR) is 62.5 cm³/mol. The highest BCUT2D eigenvalue weighted by Crippen LogP contribution is 2.35. The Morgan fingerprint density at radius 2 is 2.38 bits per heavy atom. The summed E-state index contributed by atoms with van der Waals surface area (Å²) in [5, 5.41) is 0. The highest BCUT2D eigenvalue weighted by atomic mass is 16.5. The zero-order valence-corrected chi connectivity index (χ0v) is 9.53. The van der Waals surface area contributed by atoms with Gasteiger partial charge in [-0.1, -0.05) is 6.07 Å². The van der Waals surface area contributed by atoms with E-state index in [-0.39, 0.29) is 11.8 Å². The van der Waals surface area contributed by atoms with Crippen LogP contribution in [0.25, 0.3) is 0 Å². The SMILES string of the molecule is COc1ccc2c(c1)C(CC(N)=O)CCC2. The zero-order chi connectivity index (χ0) is 11.5. The summed E-state index contributed by atoms with van der Waals surface area (Å²) >= 11 is 0. The third-order valence-corrected chi connectivity index (χ3v) is 3.24. The van der Waals surface area contributed by atoms with Gasteiger partial charge in [-0.05, 0) is 48.4 Å². The summed E-state index contributed by atoms with van der Waals surface area (Å²) in [5.41, 5.74) is 7.85. The van der Waals surface area contributed by atoms with E-state index in [0.29, 0.717) is 6.42 Å². The lowest BCUT2D eigenvalue weighted by atomic mass is 9.81. The Labute approximate surface area is 95.6 Å². The molecule has 86 valence electrons. The molecule has 0 saturated heterocycles. The Bertz CT molecular complexity index is 401. The highest BCUT2D eigenvalue weighted by molar-refractivity contribution is 5.75. The molecule has 0 aromatic heterocycles. The van der Waals surface area contributed by atoms with Gasteiger partial charge in [0, 0.05) is 6.42 Å². The lowest BCUT2D eigenvalue weighted by Crippen LogP contribution is -2.18. The largest absolute Gasteiger partial charge is 0.497 e. The van der Waals surface area contributed by atoms with Crippen molar-refractivity contribution < 1.29 is 9.53 Å². The Balaban J connectivity index is 2.31. The minimum Gasteiger partial charge on any atom is -0.497 e. The van der Waals surface area contributed by atoms with Crippen LogP contribution in [0.15, 0.2) is 18.2 Å². The number of rotatable bonds is 3. The van der Waals surface area contributed by atoms with Gasteiger partial charge in [0.2, 0.25) is 5.91 Å². The first kappa shape index (κ1) is 11.0. The number of hydrogen-bond acceptors (Lipinski definition) is 2. The van der Waals surface area contributed by atoms with Crippen molar-refractivity contribution in [2.24, 2.45) is 5.73 Å². The molecule has 1 amide bonds. The molecule has 0 spiro atoms. The van der Waals surface area contributed by atoms with Crippen molar-refractivity contribution in [1.29, 1.82) is 0 Å². The van der Waals surface area contributed by atoms with E-state index in [4.69, 9.17) is 10.5 Å². The van der Waals surface area contributed by atoms with Crippen molar-refractivity contribution in [1.82, 2.24) is 0 Å². The minimum absolute atomic E-state index is 0.222. The molecule has 1 aromatic rings. The van der Waals surface area contributed by atoms with Crippen molar-refractivity contribution >= 4 is 5.91 Å². The Hall–Kier alpha value is -1.51. The third-order valence-electron chi connectivity index (χ3n) is 3.24. The summed E-state index contributed by atoms with van der Waals surface area (Å²) in [6.45, 7) is 0. The Morgan fingerprint density at radius 3 is 3.06 bits per heavy atom. The number of hydrogen-bond donors (Lipinski definition) is 1. The van der Waals surface area contributed by atoms with Crippen LogP contribution in [0.3, 0.4) is 0 Å². The van der Waals surface area contributed by atoms with Crippen LogP contribution in [0.5, 0.6) is 5.75 Å². The van der Waals surface area contributed by atoms with Gasteiger partial charge in [0.15, 0.2) is 0 Å². The number of fused-ring (bicyclic) bond motifs is 1. The molecule has 0 bridgehead atoms. The highest BCUT2D eigenvalue weighted by Gasteiger charge is 2.22. The van der Waals surface area contributed by atoms with Gasteiger partial charge in [-0.15, -0.1) is 0 Å². The van der Waals surface area contributed by atoms with Crippen LogP contribution in [0, 0.1) is 0 Å². The average molecular weight is 219 g/mol. The van der Waals surface area contributed by atoms with Crippen LogP contribution >= 0.6 is 0 Å². The van der Waals surface area contributed by atoms with Crippen LogP contribution < -0.4 is 10.5 Å². The fraction of sp³-hybridized carbons (Fsp3) is 0.462. The smallest absolute Gasteiger partial charge is 0.218 e. The molecular weight excluding hydrogens is 202 g/mol. The monoisotopic (exact) mass is 219 g/mol. The first-order valence-corrected chi connectivity index (χ1v) is 5.66. The van der Waals surface area contributed by atoms with Crippen LogP contribution in [0.1, 0.15) is 36.3 Å². The van der Waals surface area contributed by atoms with Crippen LogP contribution in [-0.2, 0) is 11.2 Å². The fourth-order valence-corrected chi connectivity index (χ4v) is 2.46. The normalized spacial score (nSPS) is 18.9. The number of nitrogens with two attached hydrogens (primary N) is 1. The van der Waals surface area contributed by atoms with E-state index in [1.165, 1.54) is 11.1 Å². The van der Waals surface area contributed by atoms with E-state index in [2.05, 4.69) is 6.07 Å². The van der Waals surface area contributed by atoms with Gasteiger partial charge in [0.05, 0.1) is 7.11 Å². The molecule has 16 heavy (non-hydrogen) atoms. The summed E-state index contributed by atoms with van der Waals surface area (Å²) in [6.07, 6.45) is 3.72. The average Bonchev–Trinajstić information content (AvgIpc) is 2.28. The Kier molecular flexibility index (Phi) is 3.13. The van der Waals surface area contributed by atoms with E-state index in [1.54, 1.807) is 7.11 Å². The number of carbonyl (C=O) groups excluding carboxylic acids is 1. The molecule has 2 N–H and O–H groups in total. The van der Waals surface area contributed by atoms with Gasteiger partial charge >= 0.3 is 0 Å². The molecule has 2 rings (SSSR count). The van der Waals surface area contributed by atoms with Gasteiger partial charge in [0.1, 0.15) is 5.75 Å². The van der Waals surface area contributed by atoms with E-state index < -0.39 is 0 Å². The summed E-state index contributed by atoms with van der Waals surface area (Å²) in [5.74, 6) is 0.909. The van der Waals surface area contributed by atoms with Gasteiger partial charge in [-0.25, -0.2) is 0 Å². The number of aryl methyl sites for hydroxylation is 1. The predicted octanol–water partition coefficient (Wildman–Crippen LogP) is 1.99. The van der Waals surface area contributed by atoms with Gasteiger partial charge in [-0.3, -0.25) is 4.79 Å². The van der Waals surface area contributed by atoms with Crippen LogP contribution in [0.2, 0.25) is 0 Å². The molecule has 1 aliphatic carbocycles. The van der Waals surface area contributed by atoms with Crippen molar-refractivity contribution in [2.75, 3.05) is 7.11 Å². The molecule has 0 fully saturated rings. The maximum atomic E-state index is 11.0. The Morgan fingerprint density at radius 1 is 1.56 bits per heavy atom. The van der Waals surface area contributed by atoms with E-state index in [9.17, 15) is 4.79 Å². The first-order chi connectivity index (χ1) is 7.70. The second-order valence-electron chi connectivity index (χ2n) is 4.32. The number of ether oxygens (including phenoxy) is 1. The lowest BCUT2D eigenvalue weighted by Gasteiger charge is -2.25. The molecule has 1 aliphatic rings. The van der Waals surface area contributed by atoms with Crippen molar-refractivity contribution in [3.8, 4) is 5.75 Å². The summed E-state index contributed by atoms with van der Waals surface area (Å²) in [7, 11) is 1.66. The van der Waals surface area contributed by atoms with Gasteiger partial charge in [0.25, 0.3) is 0 Å². The number of carbonyl (C=O) groups is 1. The lowest BCUT2D eigenvalue weighted by molar-refractivity contribution is -0.118.